The minimum absolute atomic E-state index is 0.0152. The molecule has 1 heterocycles. The topological polar surface area (TPSA) is 71.3 Å². The lowest BCUT2D eigenvalue weighted by Gasteiger charge is -2.08. The van der Waals surface area contributed by atoms with E-state index in [2.05, 4.69) is 10.6 Å². The fourth-order valence-electron chi connectivity index (χ4n) is 3.04. The van der Waals surface area contributed by atoms with Crippen molar-refractivity contribution in [3.63, 3.8) is 0 Å². The Labute approximate surface area is 176 Å². The van der Waals surface area contributed by atoms with Gasteiger partial charge in [0.05, 0.1) is 12.1 Å². The second kappa shape index (κ2) is 8.39. The van der Waals surface area contributed by atoms with Gasteiger partial charge < -0.3 is 15.1 Å². The Hall–Kier alpha value is -3.64. The summed E-state index contributed by atoms with van der Waals surface area (Å²) in [6.45, 7) is 0. The molecule has 7 heteroatoms. The van der Waals surface area contributed by atoms with E-state index in [-0.39, 0.29) is 29.5 Å². The lowest BCUT2D eigenvalue weighted by Crippen LogP contribution is -2.18. The van der Waals surface area contributed by atoms with E-state index in [0.717, 1.165) is 5.56 Å². The molecule has 150 valence electrons. The Bertz CT molecular complexity index is 1230. The van der Waals surface area contributed by atoms with Crippen LogP contribution in [0, 0.1) is 5.82 Å². The molecule has 0 unspecified atom stereocenters. The molecule has 0 fully saturated rings. The first-order chi connectivity index (χ1) is 14.5. The maximum absolute atomic E-state index is 13.9. The standard InChI is InChI=1S/C23H16ClFN2O3/c24-15-11-9-14(10-12-15)13-20(28)27-21-16-5-1-4-8-19(16)30-22(21)23(29)26-18-7-3-2-6-17(18)25/h1-12H,13H2,(H,26,29)(H,27,28). The number of amides is 2. The summed E-state index contributed by atoms with van der Waals surface area (Å²) in [5, 5.41) is 6.39. The molecule has 0 bridgehead atoms. The summed E-state index contributed by atoms with van der Waals surface area (Å²) >= 11 is 5.88. The Morgan fingerprint density at radius 2 is 1.60 bits per heavy atom. The first-order valence-electron chi connectivity index (χ1n) is 9.13. The second-order valence-electron chi connectivity index (χ2n) is 6.59. The fraction of sp³-hybridized carbons (Fsp3) is 0.0435. The summed E-state index contributed by atoms with van der Waals surface area (Å²) in [5.41, 5.74) is 1.44. The number of rotatable bonds is 5. The van der Waals surface area contributed by atoms with Crippen molar-refractivity contribution in [2.45, 2.75) is 6.42 Å². The van der Waals surface area contributed by atoms with Crippen LogP contribution in [0.5, 0.6) is 0 Å². The molecule has 0 aliphatic heterocycles. The third-order valence-electron chi connectivity index (χ3n) is 4.47. The van der Waals surface area contributed by atoms with Gasteiger partial charge in [0.2, 0.25) is 11.7 Å². The number of benzene rings is 3. The Balaban J connectivity index is 1.63. The molecule has 30 heavy (non-hydrogen) atoms. The highest BCUT2D eigenvalue weighted by atomic mass is 35.5. The number of furan rings is 1. The first-order valence-corrected chi connectivity index (χ1v) is 9.51. The number of anilines is 2. The summed E-state index contributed by atoms with van der Waals surface area (Å²) in [4.78, 5) is 25.4. The van der Waals surface area contributed by atoms with E-state index in [4.69, 9.17) is 16.0 Å². The lowest BCUT2D eigenvalue weighted by molar-refractivity contribution is -0.115. The molecule has 4 rings (SSSR count). The zero-order valence-electron chi connectivity index (χ0n) is 15.6. The highest BCUT2D eigenvalue weighted by Crippen LogP contribution is 2.32. The fourth-order valence-corrected chi connectivity index (χ4v) is 3.17. The average Bonchev–Trinajstić information content (AvgIpc) is 3.10. The number of carbonyl (C=O) groups is 2. The van der Waals surface area contributed by atoms with Gasteiger partial charge in [0.1, 0.15) is 17.1 Å². The molecule has 0 saturated carbocycles. The smallest absolute Gasteiger partial charge is 0.293 e. The van der Waals surface area contributed by atoms with Crippen LogP contribution < -0.4 is 10.6 Å². The third kappa shape index (κ3) is 4.18. The van der Waals surface area contributed by atoms with Crippen LogP contribution in [0.25, 0.3) is 11.0 Å². The SMILES string of the molecule is O=C(Cc1ccc(Cl)cc1)Nc1c(C(=O)Nc2ccccc2F)oc2ccccc12. The van der Waals surface area contributed by atoms with E-state index in [1.807, 2.05) is 0 Å². The van der Waals surface area contributed by atoms with E-state index in [1.54, 1.807) is 54.6 Å². The molecule has 5 nitrogen and oxygen atoms in total. The number of fused-ring (bicyclic) bond motifs is 1. The van der Waals surface area contributed by atoms with Gasteiger partial charge in [-0.05, 0) is 42.0 Å². The van der Waals surface area contributed by atoms with Gasteiger partial charge in [-0.15, -0.1) is 0 Å². The van der Waals surface area contributed by atoms with E-state index in [1.165, 1.54) is 18.2 Å². The molecule has 2 amide bonds. The molecule has 4 aromatic rings. The molecule has 1 aromatic heterocycles. The van der Waals surface area contributed by atoms with Gasteiger partial charge in [0.25, 0.3) is 5.91 Å². The first kappa shape index (κ1) is 19.7. The predicted molar refractivity (Wildman–Crippen MR) is 114 cm³/mol. The molecule has 0 radical (unpaired) electrons. The van der Waals surface area contributed by atoms with Crippen LogP contribution in [0.15, 0.2) is 77.2 Å². The molecule has 0 atom stereocenters. The van der Waals surface area contributed by atoms with Crippen LogP contribution in [-0.4, -0.2) is 11.8 Å². The quantitative estimate of drug-likeness (QED) is 0.436. The number of hydrogen-bond acceptors (Lipinski definition) is 3. The summed E-state index contributed by atoms with van der Waals surface area (Å²) in [5.74, 6) is -1.68. The molecule has 0 aliphatic carbocycles. The van der Waals surface area contributed by atoms with Crippen molar-refractivity contribution in [2.75, 3.05) is 10.6 Å². The normalized spacial score (nSPS) is 10.7. The lowest BCUT2D eigenvalue weighted by atomic mass is 10.1. The average molecular weight is 423 g/mol. The van der Waals surface area contributed by atoms with Crippen molar-refractivity contribution in [1.82, 2.24) is 0 Å². The van der Waals surface area contributed by atoms with Gasteiger partial charge in [-0.1, -0.05) is 48.0 Å². The van der Waals surface area contributed by atoms with Crippen molar-refractivity contribution >= 4 is 45.8 Å². The second-order valence-corrected chi connectivity index (χ2v) is 7.02. The molecule has 0 saturated heterocycles. The van der Waals surface area contributed by atoms with E-state index < -0.39 is 11.7 Å². The molecule has 0 spiro atoms. The Kier molecular flexibility index (Phi) is 5.50. The number of carbonyl (C=O) groups excluding carboxylic acids is 2. The van der Waals surface area contributed by atoms with Gasteiger partial charge in [-0.25, -0.2) is 4.39 Å². The van der Waals surface area contributed by atoms with Crippen molar-refractivity contribution in [2.24, 2.45) is 0 Å². The third-order valence-corrected chi connectivity index (χ3v) is 4.72. The highest BCUT2D eigenvalue weighted by Gasteiger charge is 2.23. The number of nitrogens with one attached hydrogen (secondary N) is 2. The Morgan fingerprint density at radius 3 is 2.37 bits per heavy atom. The summed E-state index contributed by atoms with van der Waals surface area (Å²) in [7, 11) is 0. The molecular formula is C23H16ClFN2O3. The minimum Gasteiger partial charge on any atom is -0.449 e. The molecular weight excluding hydrogens is 407 g/mol. The van der Waals surface area contributed by atoms with Crippen molar-refractivity contribution in [3.8, 4) is 0 Å². The van der Waals surface area contributed by atoms with Crippen LogP contribution in [0.1, 0.15) is 16.1 Å². The van der Waals surface area contributed by atoms with Gasteiger partial charge in [-0.2, -0.15) is 0 Å². The summed E-state index contributed by atoms with van der Waals surface area (Å²) < 4.78 is 19.6. The maximum Gasteiger partial charge on any atom is 0.293 e. The monoisotopic (exact) mass is 422 g/mol. The molecule has 0 aliphatic rings. The number of para-hydroxylation sites is 2. The van der Waals surface area contributed by atoms with Crippen LogP contribution in [0.4, 0.5) is 15.8 Å². The van der Waals surface area contributed by atoms with Crippen LogP contribution >= 0.6 is 11.6 Å². The van der Waals surface area contributed by atoms with Gasteiger partial charge in [-0.3, -0.25) is 9.59 Å². The Morgan fingerprint density at radius 1 is 0.900 bits per heavy atom. The zero-order valence-corrected chi connectivity index (χ0v) is 16.4. The zero-order chi connectivity index (χ0) is 21.1. The predicted octanol–water partition coefficient (Wildman–Crippen LogP) is 5.66. The summed E-state index contributed by atoms with van der Waals surface area (Å²) in [6.07, 6.45) is 0.0883. The van der Waals surface area contributed by atoms with E-state index in [9.17, 15) is 14.0 Å². The summed E-state index contributed by atoms with van der Waals surface area (Å²) in [6, 6.07) is 19.6. The van der Waals surface area contributed by atoms with Gasteiger partial charge in [0, 0.05) is 10.4 Å². The maximum atomic E-state index is 13.9. The molecule has 2 N–H and O–H groups in total. The number of halogens is 2. The highest BCUT2D eigenvalue weighted by molar-refractivity contribution is 6.30. The molecule has 3 aromatic carbocycles. The minimum atomic E-state index is -0.668. The van der Waals surface area contributed by atoms with Crippen LogP contribution in [-0.2, 0) is 11.2 Å². The van der Waals surface area contributed by atoms with E-state index in [0.29, 0.717) is 16.0 Å². The van der Waals surface area contributed by atoms with E-state index >= 15 is 0 Å². The van der Waals surface area contributed by atoms with Gasteiger partial charge >= 0.3 is 0 Å². The van der Waals surface area contributed by atoms with Crippen LogP contribution in [0.3, 0.4) is 0 Å². The van der Waals surface area contributed by atoms with Crippen molar-refractivity contribution < 1.29 is 18.4 Å². The number of hydrogen-bond donors (Lipinski definition) is 2. The largest absolute Gasteiger partial charge is 0.449 e. The van der Waals surface area contributed by atoms with Crippen LogP contribution in [0.2, 0.25) is 5.02 Å². The van der Waals surface area contributed by atoms with Crippen molar-refractivity contribution in [3.05, 3.63) is 95.0 Å². The van der Waals surface area contributed by atoms with Gasteiger partial charge in [0.15, 0.2) is 0 Å². The van der Waals surface area contributed by atoms with Crippen molar-refractivity contribution in [1.29, 1.82) is 0 Å².